The minimum absolute atomic E-state index is 0.400. The number of nitriles is 1. The standard InChI is InChI=1S/C25H32N6OS/c1-3-30-33(32,16-20-6-4-19(5-7-20)12-14-26)17-21-8-10-22(11-9-21)31(2)25-23-13-15-27-24(23)28-18-29-25/h4-7,13,15,18,21-22H,3,8-12,16-17H2,1-2H3,(H,27,28,29). The van der Waals surface area contributed by atoms with E-state index in [-0.39, 0.29) is 0 Å². The van der Waals surface area contributed by atoms with E-state index < -0.39 is 9.73 Å². The molecule has 7 nitrogen and oxygen atoms in total. The Labute approximate surface area is 196 Å². The van der Waals surface area contributed by atoms with Crippen LogP contribution in [0, 0.1) is 17.2 Å². The first-order valence-corrected chi connectivity index (χ1v) is 13.5. The van der Waals surface area contributed by atoms with Gasteiger partial charge in [0, 0.05) is 31.6 Å². The highest BCUT2D eigenvalue weighted by molar-refractivity contribution is 7.92. The molecule has 0 saturated heterocycles. The molecule has 1 unspecified atom stereocenters. The zero-order chi connectivity index (χ0) is 23.3. The molecule has 4 rings (SSSR count). The summed E-state index contributed by atoms with van der Waals surface area (Å²) in [5, 5.41) is 9.91. The summed E-state index contributed by atoms with van der Waals surface area (Å²) in [6, 6.07) is 12.5. The summed E-state index contributed by atoms with van der Waals surface area (Å²) in [4.78, 5) is 14.3. The minimum Gasteiger partial charge on any atom is -0.356 e. The molecule has 1 N–H and O–H groups in total. The van der Waals surface area contributed by atoms with Gasteiger partial charge in [0.25, 0.3) is 0 Å². The van der Waals surface area contributed by atoms with Crippen LogP contribution in [0.2, 0.25) is 0 Å². The zero-order valence-corrected chi connectivity index (χ0v) is 20.2. The fourth-order valence-corrected chi connectivity index (χ4v) is 7.45. The Morgan fingerprint density at radius 2 is 1.88 bits per heavy atom. The lowest BCUT2D eigenvalue weighted by Gasteiger charge is -2.35. The normalized spacial score (nSPS) is 20.2. The average Bonchev–Trinajstić information content (AvgIpc) is 3.30. The molecule has 0 spiro atoms. The van der Waals surface area contributed by atoms with Crippen molar-refractivity contribution < 1.29 is 4.21 Å². The highest BCUT2D eigenvalue weighted by Gasteiger charge is 2.28. The predicted molar refractivity (Wildman–Crippen MR) is 133 cm³/mol. The monoisotopic (exact) mass is 464 g/mol. The van der Waals surface area contributed by atoms with E-state index in [9.17, 15) is 4.21 Å². The predicted octanol–water partition coefficient (Wildman–Crippen LogP) is 4.71. The summed E-state index contributed by atoms with van der Waals surface area (Å²) < 4.78 is 18.3. The number of H-pyrrole nitrogens is 1. The van der Waals surface area contributed by atoms with E-state index in [4.69, 9.17) is 5.26 Å². The summed E-state index contributed by atoms with van der Waals surface area (Å²) in [5.41, 5.74) is 2.89. The van der Waals surface area contributed by atoms with Crippen molar-refractivity contribution in [3.05, 3.63) is 54.0 Å². The van der Waals surface area contributed by atoms with Gasteiger partial charge in [0.05, 0.1) is 33.4 Å². The number of fused-ring (bicyclic) bond motifs is 1. The maximum atomic E-state index is 13.7. The van der Waals surface area contributed by atoms with Gasteiger partial charge in [-0.3, -0.25) is 0 Å². The number of benzene rings is 1. The van der Waals surface area contributed by atoms with Gasteiger partial charge in [0.1, 0.15) is 17.8 Å². The van der Waals surface area contributed by atoms with E-state index in [1.165, 1.54) is 0 Å². The molecule has 0 radical (unpaired) electrons. The topological polar surface area (TPSA) is 98.0 Å². The van der Waals surface area contributed by atoms with Gasteiger partial charge in [-0.05, 0) is 55.7 Å². The van der Waals surface area contributed by atoms with E-state index in [2.05, 4.69) is 37.3 Å². The zero-order valence-electron chi connectivity index (χ0n) is 19.4. The molecule has 3 aromatic rings. The molecule has 0 amide bonds. The van der Waals surface area contributed by atoms with E-state index in [0.29, 0.717) is 36.4 Å². The Hall–Kier alpha value is -2.92. The molecular formula is C25H32N6OS. The summed E-state index contributed by atoms with van der Waals surface area (Å²) in [5.74, 6) is 2.54. The number of anilines is 1. The lowest BCUT2D eigenvalue weighted by atomic mass is 9.86. The molecule has 1 aliphatic carbocycles. The van der Waals surface area contributed by atoms with Crippen molar-refractivity contribution in [3.63, 3.8) is 0 Å². The van der Waals surface area contributed by atoms with Crippen LogP contribution in [-0.4, -0.2) is 44.5 Å². The quantitative estimate of drug-likeness (QED) is 0.521. The average molecular weight is 465 g/mol. The van der Waals surface area contributed by atoms with Gasteiger partial charge in [-0.15, -0.1) is 0 Å². The summed E-state index contributed by atoms with van der Waals surface area (Å²) in [6.45, 7) is 2.54. The van der Waals surface area contributed by atoms with E-state index in [1.807, 2.05) is 43.5 Å². The van der Waals surface area contributed by atoms with Gasteiger partial charge in [0.2, 0.25) is 0 Å². The lowest BCUT2D eigenvalue weighted by Crippen LogP contribution is -2.37. The first-order chi connectivity index (χ1) is 16.0. The first kappa shape index (κ1) is 23.2. The molecule has 0 bridgehead atoms. The molecule has 174 valence electrons. The number of nitrogens with one attached hydrogen (secondary N) is 1. The third kappa shape index (κ3) is 5.53. The van der Waals surface area contributed by atoms with Crippen LogP contribution in [0.15, 0.2) is 47.2 Å². The van der Waals surface area contributed by atoms with Gasteiger partial charge in [0.15, 0.2) is 0 Å². The van der Waals surface area contributed by atoms with Gasteiger partial charge >= 0.3 is 0 Å². The van der Waals surface area contributed by atoms with Crippen molar-refractivity contribution in [2.75, 3.05) is 24.2 Å². The van der Waals surface area contributed by atoms with Crippen molar-refractivity contribution in [2.24, 2.45) is 10.3 Å². The summed E-state index contributed by atoms with van der Waals surface area (Å²) in [6.07, 6.45) is 8.13. The molecular weight excluding hydrogens is 432 g/mol. The van der Waals surface area contributed by atoms with E-state index >= 15 is 0 Å². The largest absolute Gasteiger partial charge is 0.356 e. The molecule has 0 aliphatic heterocycles. The van der Waals surface area contributed by atoms with Crippen LogP contribution < -0.4 is 4.90 Å². The number of hydrogen-bond acceptors (Lipinski definition) is 6. The highest BCUT2D eigenvalue weighted by Crippen LogP contribution is 2.32. The smallest absolute Gasteiger partial charge is 0.142 e. The van der Waals surface area contributed by atoms with Crippen LogP contribution in [0.25, 0.3) is 11.0 Å². The molecule has 1 fully saturated rings. The van der Waals surface area contributed by atoms with Crippen molar-refractivity contribution >= 4 is 26.6 Å². The van der Waals surface area contributed by atoms with Crippen LogP contribution in [-0.2, 0) is 21.9 Å². The molecule has 33 heavy (non-hydrogen) atoms. The van der Waals surface area contributed by atoms with Crippen molar-refractivity contribution in [1.29, 1.82) is 5.26 Å². The Morgan fingerprint density at radius 3 is 2.58 bits per heavy atom. The van der Waals surface area contributed by atoms with Crippen LogP contribution in [0.3, 0.4) is 0 Å². The second-order valence-corrected chi connectivity index (χ2v) is 11.3. The summed E-state index contributed by atoms with van der Waals surface area (Å²) >= 11 is 0. The Balaban J connectivity index is 1.39. The molecule has 1 atom stereocenters. The third-order valence-electron chi connectivity index (χ3n) is 6.59. The SMILES string of the molecule is CCN=S(=O)(Cc1ccc(CC#N)cc1)CC1CCC(N(C)c2ncnc3[nH]ccc23)CC1. The van der Waals surface area contributed by atoms with Crippen LogP contribution >= 0.6 is 0 Å². The highest BCUT2D eigenvalue weighted by atomic mass is 32.2. The molecule has 1 aliphatic rings. The molecule has 2 heterocycles. The van der Waals surface area contributed by atoms with Crippen molar-refractivity contribution in [2.45, 2.75) is 50.8 Å². The minimum atomic E-state index is -2.31. The van der Waals surface area contributed by atoms with Crippen LogP contribution in [0.5, 0.6) is 0 Å². The van der Waals surface area contributed by atoms with Crippen molar-refractivity contribution in [3.8, 4) is 6.07 Å². The molecule has 2 aromatic heterocycles. The molecule has 1 aromatic carbocycles. The first-order valence-electron chi connectivity index (χ1n) is 11.7. The maximum absolute atomic E-state index is 13.7. The van der Waals surface area contributed by atoms with Crippen LogP contribution in [0.4, 0.5) is 5.82 Å². The fourth-order valence-electron chi connectivity index (χ4n) is 4.88. The van der Waals surface area contributed by atoms with Gasteiger partial charge in [-0.25, -0.2) is 18.5 Å². The fraction of sp³-hybridized carbons (Fsp3) is 0.480. The van der Waals surface area contributed by atoms with E-state index in [0.717, 1.165) is 53.7 Å². The van der Waals surface area contributed by atoms with Gasteiger partial charge in [-0.2, -0.15) is 5.26 Å². The molecule has 1 saturated carbocycles. The Morgan fingerprint density at radius 1 is 1.15 bits per heavy atom. The second kappa shape index (κ2) is 10.3. The Kier molecular flexibility index (Phi) is 7.29. The lowest BCUT2D eigenvalue weighted by molar-refractivity contribution is 0.342. The number of aromatic nitrogens is 3. The van der Waals surface area contributed by atoms with E-state index in [1.54, 1.807) is 6.33 Å². The maximum Gasteiger partial charge on any atom is 0.142 e. The Bertz CT molecular complexity index is 1230. The van der Waals surface area contributed by atoms with Gasteiger partial charge < -0.3 is 9.88 Å². The van der Waals surface area contributed by atoms with Crippen molar-refractivity contribution in [1.82, 2.24) is 15.0 Å². The van der Waals surface area contributed by atoms with Crippen LogP contribution in [0.1, 0.15) is 43.7 Å². The number of nitrogens with zero attached hydrogens (tertiary/aromatic N) is 5. The summed E-state index contributed by atoms with van der Waals surface area (Å²) in [7, 11) is -0.190. The second-order valence-electron chi connectivity index (χ2n) is 8.90. The number of aromatic amines is 1. The third-order valence-corrected chi connectivity index (χ3v) is 9.10. The molecule has 8 heteroatoms. The van der Waals surface area contributed by atoms with Gasteiger partial charge in [-0.1, -0.05) is 24.3 Å². The number of rotatable bonds is 8. The number of hydrogen-bond donors (Lipinski definition) is 1.